The van der Waals surface area contributed by atoms with Crippen molar-refractivity contribution in [3.05, 3.63) is 0 Å². The van der Waals surface area contributed by atoms with E-state index in [1.54, 1.807) is 0 Å². The van der Waals surface area contributed by atoms with Crippen molar-refractivity contribution in [1.29, 1.82) is 0 Å². The first-order chi connectivity index (χ1) is 6.39. The van der Waals surface area contributed by atoms with E-state index in [-0.39, 0.29) is 17.6 Å². The molecule has 0 aliphatic carbocycles. The van der Waals surface area contributed by atoms with Crippen LogP contribution >= 0.6 is 0 Å². The van der Waals surface area contributed by atoms with Crippen molar-refractivity contribution < 1.29 is 9.47 Å². The third-order valence-electron chi connectivity index (χ3n) is 2.06. The van der Waals surface area contributed by atoms with Gasteiger partial charge in [0.05, 0.1) is 19.3 Å². The summed E-state index contributed by atoms with van der Waals surface area (Å²) in [6, 6.07) is 0.0524. The summed E-state index contributed by atoms with van der Waals surface area (Å²) in [5.74, 6) is 0. The van der Waals surface area contributed by atoms with Crippen LogP contribution in [0.15, 0.2) is 0 Å². The van der Waals surface area contributed by atoms with Crippen molar-refractivity contribution in [2.75, 3.05) is 19.8 Å². The van der Waals surface area contributed by atoms with Gasteiger partial charge in [-0.1, -0.05) is 20.8 Å². The predicted octanol–water partition coefficient (Wildman–Crippen LogP) is 1.80. The van der Waals surface area contributed by atoms with Gasteiger partial charge in [-0.3, -0.25) is 0 Å². The average molecular weight is 203 g/mol. The Bertz CT molecular complexity index is 141. The van der Waals surface area contributed by atoms with Crippen LogP contribution in [0.1, 0.15) is 34.6 Å². The lowest BCUT2D eigenvalue weighted by Gasteiger charge is -2.33. The van der Waals surface area contributed by atoms with Gasteiger partial charge in [0.25, 0.3) is 0 Å². The monoisotopic (exact) mass is 203 g/mol. The fourth-order valence-corrected chi connectivity index (χ4v) is 1.57. The lowest BCUT2D eigenvalue weighted by atomic mass is 9.85. The third-order valence-corrected chi connectivity index (χ3v) is 2.06. The van der Waals surface area contributed by atoms with Crippen LogP contribution in [0.25, 0.3) is 0 Å². The minimum Gasteiger partial charge on any atom is -0.379 e. The van der Waals surface area contributed by atoms with Crippen molar-refractivity contribution in [2.24, 2.45) is 11.1 Å². The van der Waals surface area contributed by atoms with Gasteiger partial charge in [0.15, 0.2) is 0 Å². The Balaban J connectivity index is 3.87. The molecule has 0 radical (unpaired) electrons. The standard InChI is InChI=1S/C11H25NO2/c1-6-13-7-8-14-10(9(2)12)11(3,4)5/h9-10H,6-8,12H2,1-5H3. The van der Waals surface area contributed by atoms with E-state index in [9.17, 15) is 0 Å². The Kier molecular flexibility index (Phi) is 6.33. The molecule has 0 aromatic heterocycles. The van der Waals surface area contributed by atoms with Crippen molar-refractivity contribution in [2.45, 2.75) is 46.8 Å². The molecule has 14 heavy (non-hydrogen) atoms. The van der Waals surface area contributed by atoms with Crippen LogP contribution in [0.5, 0.6) is 0 Å². The maximum atomic E-state index is 5.87. The summed E-state index contributed by atoms with van der Waals surface area (Å²) < 4.78 is 10.9. The Hall–Kier alpha value is -0.120. The third kappa shape index (κ3) is 5.58. The van der Waals surface area contributed by atoms with E-state index in [1.165, 1.54) is 0 Å². The molecule has 0 heterocycles. The minimum absolute atomic E-state index is 0.0524. The summed E-state index contributed by atoms with van der Waals surface area (Å²) in [7, 11) is 0. The van der Waals surface area contributed by atoms with Crippen LogP contribution in [0, 0.1) is 5.41 Å². The molecule has 0 bridgehead atoms. The van der Waals surface area contributed by atoms with Crippen LogP contribution in [0.4, 0.5) is 0 Å². The SMILES string of the molecule is CCOCCOC(C(C)N)C(C)(C)C. The summed E-state index contributed by atoms with van der Waals surface area (Å²) in [4.78, 5) is 0. The second-order valence-electron chi connectivity index (χ2n) is 4.71. The van der Waals surface area contributed by atoms with Gasteiger partial charge in [-0.05, 0) is 19.3 Å². The molecular formula is C11H25NO2. The molecular weight excluding hydrogens is 178 g/mol. The Labute approximate surface area is 88.0 Å². The van der Waals surface area contributed by atoms with Gasteiger partial charge in [0.2, 0.25) is 0 Å². The molecule has 0 spiro atoms. The van der Waals surface area contributed by atoms with Crippen molar-refractivity contribution in [3.63, 3.8) is 0 Å². The average Bonchev–Trinajstić information content (AvgIpc) is 2.01. The molecule has 0 saturated heterocycles. The lowest BCUT2D eigenvalue weighted by Crippen LogP contribution is -2.44. The molecule has 2 N–H and O–H groups in total. The molecule has 0 amide bonds. The molecule has 2 unspecified atom stereocenters. The Morgan fingerprint density at radius 2 is 1.79 bits per heavy atom. The number of hydrogen-bond donors (Lipinski definition) is 1. The van der Waals surface area contributed by atoms with Gasteiger partial charge < -0.3 is 15.2 Å². The zero-order valence-corrected chi connectivity index (χ0v) is 10.2. The van der Waals surface area contributed by atoms with Crippen molar-refractivity contribution in [3.8, 4) is 0 Å². The van der Waals surface area contributed by atoms with Gasteiger partial charge in [-0.2, -0.15) is 0 Å². The predicted molar refractivity (Wildman–Crippen MR) is 59.3 cm³/mol. The number of rotatable bonds is 6. The fourth-order valence-electron chi connectivity index (χ4n) is 1.57. The highest BCUT2D eigenvalue weighted by Crippen LogP contribution is 2.24. The van der Waals surface area contributed by atoms with Gasteiger partial charge in [-0.25, -0.2) is 0 Å². The van der Waals surface area contributed by atoms with Crippen LogP contribution in [0.3, 0.4) is 0 Å². The van der Waals surface area contributed by atoms with Gasteiger partial charge in [0.1, 0.15) is 0 Å². The number of ether oxygens (including phenoxy) is 2. The highest BCUT2D eigenvalue weighted by molar-refractivity contribution is 4.81. The Morgan fingerprint density at radius 1 is 1.21 bits per heavy atom. The molecule has 3 nitrogen and oxygen atoms in total. The lowest BCUT2D eigenvalue weighted by molar-refractivity contribution is -0.0515. The molecule has 86 valence electrons. The van der Waals surface area contributed by atoms with E-state index in [2.05, 4.69) is 20.8 Å². The fraction of sp³-hybridized carbons (Fsp3) is 1.00. The maximum absolute atomic E-state index is 5.87. The highest BCUT2D eigenvalue weighted by Gasteiger charge is 2.28. The molecule has 0 aromatic rings. The first kappa shape index (κ1) is 13.9. The number of hydrogen-bond acceptors (Lipinski definition) is 3. The van der Waals surface area contributed by atoms with E-state index in [4.69, 9.17) is 15.2 Å². The van der Waals surface area contributed by atoms with E-state index < -0.39 is 0 Å². The summed E-state index contributed by atoms with van der Waals surface area (Å²) in [6.07, 6.45) is 0.0861. The maximum Gasteiger partial charge on any atom is 0.0772 e. The van der Waals surface area contributed by atoms with Crippen LogP contribution in [0.2, 0.25) is 0 Å². The van der Waals surface area contributed by atoms with Crippen LogP contribution < -0.4 is 5.73 Å². The smallest absolute Gasteiger partial charge is 0.0772 e. The zero-order chi connectivity index (χ0) is 11.2. The summed E-state index contributed by atoms with van der Waals surface area (Å²) in [6.45, 7) is 12.4. The van der Waals surface area contributed by atoms with E-state index in [1.807, 2.05) is 13.8 Å². The number of nitrogens with two attached hydrogens (primary N) is 1. The van der Waals surface area contributed by atoms with E-state index in [0.717, 1.165) is 6.61 Å². The molecule has 2 atom stereocenters. The topological polar surface area (TPSA) is 44.5 Å². The second kappa shape index (κ2) is 6.38. The Morgan fingerprint density at radius 3 is 2.14 bits per heavy atom. The van der Waals surface area contributed by atoms with Gasteiger partial charge in [-0.15, -0.1) is 0 Å². The molecule has 0 aliphatic heterocycles. The van der Waals surface area contributed by atoms with Crippen molar-refractivity contribution >= 4 is 0 Å². The van der Waals surface area contributed by atoms with E-state index in [0.29, 0.717) is 13.2 Å². The van der Waals surface area contributed by atoms with Gasteiger partial charge in [0, 0.05) is 12.6 Å². The minimum atomic E-state index is 0.0524. The molecule has 0 fully saturated rings. The first-order valence-corrected chi connectivity index (χ1v) is 5.34. The largest absolute Gasteiger partial charge is 0.379 e. The molecule has 0 saturated carbocycles. The summed E-state index contributed by atoms with van der Waals surface area (Å²) in [5.41, 5.74) is 5.96. The molecule has 0 aromatic carbocycles. The molecule has 3 heteroatoms. The van der Waals surface area contributed by atoms with Crippen LogP contribution in [-0.2, 0) is 9.47 Å². The summed E-state index contributed by atoms with van der Waals surface area (Å²) in [5, 5.41) is 0. The second-order valence-corrected chi connectivity index (χ2v) is 4.71. The van der Waals surface area contributed by atoms with Crippen LogP contribution in [-0.4, -0.2) is 32.0 Å². The zero-order valence-electron chi connectivity index (χ0n) is 10.2. The van der Waals surface area contributed by atoms with Gasteiger partial charge >= 0.3 is 0 Å². The quantitative estimate of drug-likeness (QED) is 0.669. The van der Waals surface area contributed by atoms with E-state index >= 15 is 0 Å². The van der Waals surface area contributed by atoms with Crippen molar-refractivity contribution in [1.82, 2.24) is 0 Å². The molecule has 0 aliphatic rings. The summed E-state index contributed by atoms with van der Waals surface area (Å²) >= 11 is 0. The first-order valence-electron chi connectivity index (χ1n) is 5.34. The normalized spacial score (nSPS) is 16.7. The highest BCUT2D eigenvalue weighted by atomic mass is 16.5. The molecule has 0 rings (SSSR count).